The minimum absolute atomic E-state index is 0. The zero-order valence-electron chi connectivity index (χ0n) is 15.8. The molecule has 0 amide bonds. The van der Waals surface area contributed by atoms with Gasteiger partial charge in [0.15, 0.2) is 11.5 Å². The predicted molar refractivity (Wildman–Crippen MR) is 111 cm³/mol. The highest BCUT2D eigenvalue weighted by Gasteiger charge is 2.24. The van der Waals surface area contributed by atoms with Crippen LogP contribution in [0.5, 0.6) is 0 Å². The lowest BCUT2D eigenvalue weighted by Gasteiger charge is -2.25. The minimum Gasteiger partial charge on any atom is -0.414 e. The number of hydrogen-bond donors (Lipinski definition) is 1. The summed E-state index contributed by atoms with van der Waals surface area (Å²) in [6.45, 7) is 2.36. The molecule has 152 valence electrons. The van der Waals surface area contributed by atoms with Crippen molar-refractivity contribution < 1.29 is 14.3 Å². The molecule has 2 N–H and O–H groups in total. The van der Waals surface area contributed by atoms with Crippen molar-refractivity contribution in [3.8, 4) is 23.0 Å². The number of sulfonamides is 1. The van der Waals surface area contributed by atoms with Crippen molar-refractivity contribution in [3.63, 3.8) is 0 Å². The lowest BCUT2D eigenvalue weighted by Crippen LogP contribution is -2.35. The number of rotatable bonds is 5. The van der Waals surface area contributed by atoms with Crippen LogP contribution in [0.2, 0.25) is 0 Å². The fraction of sp³-hybridized carbons (Fsp3) is 0.263. The summed E-state index contributed by atoms with van der Waals surface area (Å²) >= 11 is 0. The lowest BCUT2D eigenvalue weighted by molar-refractivity contribution is 0.442. The van der Waals surface area contributed by atoms with Crippen LogP contribution in [0.25, 0.3) is 28.6 Å². The summed E-state index contributed by atoms with van der Waals surface area (Å²) < 4.78 is 31.3. The molecule has 9 nitrogen and oxygen atoms in total. The largest absolute Gasteiger partial charge is 0.414 e. The number of nitrogens with two attached hydrogens (primary N) is 1. The Morgan fingerprint density at radius 2 is 1.97 bits per heavy atom. The van der Waals surface area contributed by atoms with Crippen molar-refractivity contribution in [2.24, 2.45) is 0 Å². The van der Waals surface area contributed by atoms with Gasteiger partial charge in [-0.05, 0) is 31.1 Å². The van der Waals surface area contributed by atoms with E-state index in [1.807, 2.05) is 36.4 Å². The second-order valence-corrected chi connectivity index (χ2v) is 8.76. The van der Waals surface area contributed by atoms with Crippen molar-refractivity contribution in [2.45, 2.75) is 13.3 Å². The van der Waals surface area contributed by atoms with E-state index < -0.39 is 10.0 Å². The third-order valence-electron chi connectivity index (χ3n) is 4.71. The maximum Gasteiger partial charge on any atom is 0.270 e. The van der Waals surface area contributed by atoms with Crippen LogP contribution in [0, 0.1) is 0 Å². The van der Waals surface area contributed by atoms with Crippen molar-refractivity contribution in [1.29, 1.82) is 0 Å². The molecule has 3 heterocycles. The maximum absolute atomic E-state index is 12.0. The van der Waals surface area contributed by atoms with Gasteiger partial charge < -0.3 is 10.2 Å². The fourth-order valence-electron chi connectivity index (χ4n) is 3.05. The standard InChI is InChI=1S/C19H20N6O3S.H2/c1-2-29(26,27)25-10-8-13(9-11-25)15-12-21-17(20)16(22-15)19-24-23-18(28-19)14-6-4-3-5-7-14;/h3-8,12H,2,9-11H2,1H3,(H2,20,21);1H. The molecule has 29 heavy (non-hydrogen) atoms. The first-order valence-corrected chi connectivity index (χ1v) is 10.8. The molecular formula is C19H22N6O3S. The van der Waals surface area contributed by atoms with E-state index in [1.54, 1.807) is 13.1 Å². The van der Waals surface area contributed by atoms with Gasteiger partial charge in [-0.1, -0.05) is 24.3 Å². The Morgan fingerprint density at radius 1 is 1.21 bits per heavy atom. The summed E-state index contributed by atoms with van der Waals surface area (Å²) in [5.74, 6) is 0.818. The fourth-order valence-corrected chi connectivity index (χ4v) is 4.08. The highest BCUT2D eigenvalue weighted by Crippen LogP contribution is 2.28. The van der Waals surface area contributed by atoms with Crippen LogP contribution in [0.3, 0.4) is 0 Å². The van der Waals surface area contributed by atoms with E-state index in [-0.39, 0.29) is 18.9 Å². The van der Waals surface area contributed by atoms with Gasteiger partial charge in [-0.15, -0.1) is 10.2 Å². The maximum atomic E-state index is 12.0. The van der Waals surface area contributed by atoms with Crippen LogP contribution in [0.4, 0.5) is 5.82 Å². The van der Waals surface area contributed by atoms with E-state index >= 15 is 0 Å². The molecule has 0 radical (unpaired) electrons. The molecule has 0 aliphatic carbocycles. The lowest BCUT2D eigenvalue weighted by atomic mass is 10.1. The van der Waals surface area contributed by atoms with Crippen LogP contribution < -0.4 is 5.73 Å². The average Bonchev–Trinajstić information content (AvgIpc) is 3.25. The molecular weight excluding hydrogens is 392 g/mol. The van der Waals surface area contributed by atoms with E-state index in [1.165, 1.54) is 4.31 Å². The Labute approximate surface area is 169 Å². The second-order valence-electron chi connectivity index (χ2n) is 6.51. The van der Waals surface area contributed by atoms with Gasteiger partial charge in [-0.3, -0.25) is 0 Å². The van der Waals surface area contributed by atoms with Gasteiger partial charge in [0.1, 0.15) is 0 Å². The zero-order chi connectivity index (χ0) is 20.4. The van der Waals surface area contributed by atoms with Gasteiger partial charge in [0.05, 0.1) is 17.6 Å². The van der Waals surface area contributed by atoms with Crippen LogP contribution in [0.1, 0.15) is 20.5 Å². The highest BCUT2D eigenvalue weighted by atomic mass is 32.2. The third kappa shape index (κ3) is 3.89. The van der Waals surface area contributed by atoms with Gasteiger partial charge in [0.2, 0.25) is 15.9 Å². The Kier molecular flexibility index (Phi) is 5.12. The highest BCUT2D eigenvalue weighted by molar-refractivity contribution is 7.89. The predicted octanol–water partition coefficient (Wildman–Crippen LogP) is 2.46. The van der Waals surface area contributed by atoms with Crippen molar-refractivity contribution >= 4 is 21.4 Å². The van der Waals surface area contributed by atoms with Gasteiger partial charge in [-0.25, -0.2) is 18.4 Å². The van der Waals surface area contributed by atoms with Gasteiger partial charge in [0.25, 0.3) is 5.89 Å². The smallest absolute Gasteiger partial charge is 0.270 e. The van der Waals surface area contributed by atoms with E-state index in [4.69, 9.17) is 10.2 Å². The molecule has 4 rings (SSSR count). The van der Waals surface area contributed by atoms with Crippen LogP contribution in [0.15, 0.2) is 47.0 Å². The normalized spacial score (nSPS) is 15.3. The molecule has 0 saturated carbocycles. The summed E-state index contributed by atoms with van der Waals surface area (Å²) in [7, 11) is -3.21. The number of nitrogens with zero attached hydrogens (tertiary/aromatic N) is 5. The summed E-state index contributed by atoms with van der Waals surface area (Å²) in [6, 6.07) is 9.40. The van der Waals surface area contributed by atoms with Crippen LogP contribution >= 0.6 is 0 Å². The van der Waals surface area contributed by atoms with E-state index in [0.29, 0.717) is 36.8 Å². The molecule has 1 aliphatic heterocycles. The van der Waals surface area contributed by atoms with Gasteiger partial charge in [-0.2, -0.15) is 4.31 Å². The topological polar surface area (TPSA) is 128 Å². The third-order valence-corrected chi connectivity index (χ3v) is 6.56. The molecule has 1 aliphatic rings. The number of hydrogen-bond acceptors (Lipinski definition) is 8. The number of benzene rings is 1. The monoisotopic (exact) mass is 414 g/mol. The quantitative estimate of drug-likeness (QED) is 0.674. The molecule has 3 aromatic rings. The summed E-state index contributed by atoms with van der Waals surface area (Å²) in [6.07, 6.45) is 3.96. The number of nitrogen functional groups attached to an aromatic ring is 1. The summed E-state index contributed by atoms with van der Waals surface area (Å²) in [4.78, 5) is 8.77. The molecule has 0 unspecified atom stereocenters. The molecule has 0 atom stereocenters. The Bertz CT molecular complexity index is 1160. The molecule has 2 aromatic heterocycles. The first kappa shape index (κ1) is 19.2. The minimum atomic E-state index is -3.21. The number of anilines is 1. The van der Waals surface area contributed by atoms with E-state index in [2.05, 4.69) is 20.2 Å². The summed E-state index contributed by atoms with van der Waals surface area (Å²) in [5.41, 5.74) is 8.61. The SMILES string of the molecule is CCS(=O)(=O)N1CC=C(c2cnc(N)c(-c3nnc(-c4ccccc4)o3)n2)CC1.[HH]. The van der Waals surface area contributed by atoms with Crippen molar-refractivity contribution in [2.75, 3.05) is 24.6 Å². The summed E-state index contributed by atoms with van der Waals surface area (Å²) in [5, 5.41) is 8.12. The second kappa shape index (κ2) is 7.72. The molecule has 0 spiro atoms. The molecule has 10 heteroatoms. The number of aromatic nitrogens is 4. The van der Waals surface area contributed by atoms with Crippen molar-refractivity contribution in [3.05, 3.63) is 48.3 Å². The van der Waals surface area contributed by atoms with Gasteiger partial charge >= 0.3 is 0 Å². The Balaban J connectivity index is 0.00000256. The van der Waals surface area contributed by atoms with E-state index in [9.17, 15) is 8.42 Å². The van der Waals surface area contributed by atoms with Crippen LogP contribution in [-0.4, -0.2) is 51.7 Å². The van der Waals surface area contributed by atoms with Crippen molar-refractivity contribution in [1.82, 2.24) is 24.5 Å². The Hall–Kier alpha value is -3.11. The first-order chi connectivity index (χ1) is 14.0. The van der Waals surface area contributed by atoms with Gasteiger partial charge in [0, 0.05) is 20.1 Å². The average molecular weight is 414 g/mol. The van der Waals surface area contributed by atoms with E-state index in [0.717, 1.165) is 11.1 Å². The molecule has 1 aromatic carbocycles. The Morgan fingerprint density at radius 3 is 2.66 bits per heavy atom. The molecule has 0 bridgehead atoms. The molecule has 0 saturated heterocycles. The van der Waals surface area contributed by atoms with Crippen LogP contribution in [-0.2, 0) is 10.0 Å². The zero-order valence-corrected chi connectivity index (χ0v) is 16.6. The molecule has 0 fully saturated rings. The first-order valence-electron chi connectivity index (χ1n) is 9.17.